The third kappa shape index (κ3) is 2.59. The first-order valence-corrected chi connectivity index (χ1v) is 8.14. The second-order valence-electron chi connectivity index (χ2n) is 6.84. The van der Waals surface area contributed by atoms with Crippen molar-refractivity contribution in [3.05, 3.63) is 23.8 Å². The van der Waals surface area contributed by atoms with Crippen LogP contribution in [0.2, 0.25) is 0 Å². The molecule has 0 saturated heterocycles. The number of nitrogens with zero attached hydrogens (tertiary/aromatic N) is 1. The lowest BCUT2D eigenvalue weighted by molar-refractivity contribution is -0.133. The Morgan fingerprint density at radius 1 is 1.25 bits per heavy atom. The number of fused-ring (bicyclic) bond motifs is 1. The maximum Gasteiger partial charge on any atom is 0.246 e. The smallest absolute Gasteiger partial charge is 0.246 e. The van der Waals surface area contributed by atoms with Crippen LogP contribution in [0, 0.1) is 29.1 Å². The highest BCUT2D eigenvalue weighted by molar-refractivity contribution is 5.77. The van der Waals surface area contributed by atoms with Crippen LogP contribution in [-0.2, 0) is 10.2 Å². The van der Waals surface area contributed by atoms with E-state index in [1.165, 1.54) is 0 Å². The van der Waals surface area contributed by atoms with Gasteiger partial charge in [-0.05, 0) is 55.2 Å². The fourth-order valence-corrected chi connectivity index (χ4v) is 4.52. The molecule has 1 aromatic rings. The fraction of sp³-hybridized carbons (Fsp3) is 0.556. The molecule has 6 nitrogen and oxygen atoms in total. The SMILES string of the molecule is COc1ccc(C2(C#N)C[C@H]3CC(C(=O)NO)C[C@H]3C2)cc1OC. The van der Waals surface area contributed by atoms with Gasteiger partial charge in [0.2, 0.25) is 5.91 Å². The van der Waals surface area contributed by atoms with E-state index in [2.05, 4.69) is 6.07 Å². The monoisotopic (exact) mass is 330 g/mol. The van der Waals surface area contributed by atoms with Crippen molar-refractivity contribution >= 4 is 5.91 Å². The lowest BCUT2D eigenvalue weighted by Crippen LogP contribution is -2.28. The number of hydroxylamine groups is 1. The van der Waals surface area contributed by atoms with Crippen LogP contribution in [0.4, 0.5) is 0 Å². The van der Waals surface area contributed by atoms with Gasteiger partial charge in [0.25, 0.3) is 0 Å². The van der Waals surface area contributed by atoms with Crippen LogP contribution >= 0.6 is 0 Å². The van der Waals surface area contributed by atoms with E-state index in [-0.39, 0.29) is 11.8 Å². The minimum atomic E-state index is -0.546. The summed E-state index contributed by atoms with van der Waals surface area (Å²) in [6.45, 7) is 0. The summed E-state index contributed by atoms with van der Waals surface area (Å²) in [5.74, 6) is 1.48. The predicted molar refractivity (Wildman–Crippen MR) is 85.7 cm³/mol. The molecule has 2 aliphatic rings. The second-order valence-corrected chi connectivity index (χ2v) is 6.84. The molecule has 2 aliphatic carbocycles. The molecule has 24 heavy (non-hydrogen) atoms. The van der Waals surface area contributed by atoms with Crippen molar-refractivity contribution in [3.8, 4) is 17.6 Å². The van der Waals surface area contributed by atoms with Crippen molar-refractivity contribution in [2.75, 3.05) is 14.2 Å². The first-order valence-electron chi connectivity index (χ1n) is 8.14. The van der Waals surface area contributed by atoms with Gasteiger partial charge < -0.3 is 9.47 Å². The van der Waals surface area contributed by atoms with E-state index < -0.39 is 5.41 Å². The third-order valence-corrected chi connectivity index (χ3v) is 5.69. The molecule has 1 amide bonds. The number of benzene rings is 1. The van der Waals surface area contributed by atoms with Crippen LogP contribution < -0.4 is 15.0 Å². The Labute approximate surface area is 141 Å². The molecule has 128 valence electrons. The van der Waals surface area contributed by atoms with Gasteiger partial charge in [-0.3, -0.25) is 10.0 Å². The van der Waals surface area contributed by atoms with Crippen LogP contribution in [0.15, 0.2) is 18.2 Å². The number of carbonyl (C=O) groups is 1. The minimum Gasteiger partial charge on any atom is -0.493 e. The van der Waals surface area contributed by atoms with Crippen LogP contribution in [-0.4, -0.2) is 25.3 Å². The van der Waals surface area contributed by atoms with Gasteiger partial charge in [-0.1, -0.05) is 6.07 Å². The summed E-state index contributed by atoms with van der Waals surface area (Å²) in [7, 11) is 3.17. The fourth-order valence-electron chi connectivity index (χ4n) is 4.52. The zero-order valence-corrected chi connectivity index (χ0v) is 13.9. The first-order chi connectivity index (χ1) is 11.6. The van der Waals surface area contributed by atoms with Crippen LogP contribution in [0.3, 0.4) is 0 Å². The van der Waals surface area contributed by atoms with Gasteiger partial charge in [0.15, 0.2) is 11.5 Å². The lowest BCUT2D eigenvalue weighted by Gasteiger charge is -2.24. The maximum atomic E-state index is 11.6. The molecule has 2 unspecified atom stereocenters. The molecule has 0 heterocycles. The van der Waals surface area contributed by atoms with Crippen molar-refractivity contribution < 1.29 is 19.5 Å². The molecule has 0 aromatic heterocycles. The molecule has 2 saturated carbocycles. The van der Waals surface area contributed by atoms with Gasteiger partial charge in [-0.15, -0.1) is 0 Å². The Bertz CT molecular complexity index is 668. The molecule has 0 aliphatic heterocycles. The summed E-state index contributed by atoms with van der Waals surface area (Å²) in [5, 5.41) is 18.7. The largest absolute Gasteiger partial charge is 0.493 e. The van der Waals surface area contributed by atoms with Crippen molar-refractivity contribution in [1.29, 1.82) is 5.26 Å². The van der Waals surface area contributed by atoms with Gasteiger partial charge in [-0.2, -0.15) is 5.26 Å². The molecule has 6 heteroatoms. The molecular weight excluding hydrogens is 308 g/mol. The van der Waals surface area contributed by atoms with Crippen LogP contribution in [0.25, 0.3) is 0 Å². The molecule has 1 aromatic carbocycles. The second kappa shape index (κ2) is 6.33. The highest BCUT2D eigenvalue weighted by atomic mass is 16.5. The summed E-state index contributed by atoms with van der Waals surface area (Å²) >= 11 is 0. The summed E-state index contributed by atoms with van der Waals surface area (Å²) in [4.78, 5) is 11.6. The molecule has 4 atom stereocenters. The number of methoxy groups -OCH3 is 2. The predicted octanol–water partition coefficient (Wildman–Crippen LogP) is 2.41. The van der Waals surface area contributed by atoms with E-state index in [0.29, 0.717) is 23.3 Å². The Hall–Kier alpha value is -2.26. The number of rotatable bonds is 4. The zero-order valence-electron chi connectivity index (χ0n) is 13.9. The molecular formula is C18H22N2O4. The van der Waals surface area contributed by atoms with Gasteiger partial charge in [0, 0.05) is 5.92 Å². The number of nitriles is 1. The topological polar surface area (TPSA) is 91.6 Å². The molecule has 2 N–H and O–H groups in total. The molecule has 0 radical (unpaired) electrons. The first kappa shape index (κ1) is 16.6. The van der Waals surface area contributed by atoms with Crippen LogP contribution in [0.5, 0.6) is 11.5 Å². The van der Waals surface area contributed by atoms with E-state index in [4.69, 9.17) is 14.7 Å². The van der Waals surface area contributed by atoms with E-state index in [0.717, 1.165) is 31.2 Å². The Kier molecular flexibility index (Phi) is 4.37. The Balaban J connectivity index is 1.84. The standard InChI is InChI=1S/C18H22N2O4/c1-23-15-4-3-14(7-16(15)24-2)18(10-19)8-12-5-11(17(21)20-22)6-13(12)9-18/h3-4,7,11-13,22H,5-6,8-9H2,1-2H3,(H,20,21)/t11?,12-,13+,18?. The highest BCUT2D eigenvalue weighted by Crippen LogP contribution is 2.56. The number of nitrogens with one attached hydrogen (secondary N) is 1. The Morgan fingerprint density at radius 2 is 1.88 bits per heavy atom. The van der Waals surface area contributed by atoms with Crippen molar-refractivity contribution in [3.63, 3.8) is 0 Å². The van der Waals surface area contributed by atoms with E-state index >= 15 is 0 Å². The number of hydrogen-bond acceptors (Lipinski definition) is 5. The third-order valence-electron chi connectivity index (χ3n) is 5.69. The average Bonchev–Trinajstić information content (AvgIpc) is 3.17. The van der Waals surface area contributed by atoms with E-state index in [9.17, 15) is 10.1 Å². The Morgan fingerprint density at radius 3 is 2.38 bits per heavy atom. The van der Waals surface area contributed by atoms with Gasteiger partial charge in [0.05, 0.1) is 25.7 Å². The summed E-state index contributed by atoms with van der Waals surface area (Å²) < 4.78 is 10.6. The number of hydrogen-bond donors (Lipinski definition) is 2. The molecule has 3 rings (SSSR count). The van der Waals surface area contributed by atoms with E-state index in [1.54, 1.807) is 19.7 Å². The highest BCUT2D eigenvalue weighted by Gasteiger charge is 2.52. The molecule has 0 spiro atoms. The summed E-state index contributed by atoms with van der Waals surface area (Å²) in [6.07, 6.45) is 2.93. The summed E-state index contributed by atoms with van der Waals surface area (Å²) in [5.41, 5.74) is 2.15. The van der Waals surface area contributed by atoms with Crippen molar-refractivity contribution in [2.45, 2.75) is 31.1 Å². The maximum absolute atomic E-state index is 11.6. The van der Waals surface area contributed by atoms with Crippen LogP contribution in [0.1, 0.15) is 31.2 Å². The van der Waals surface area contributed by atoms with Crippen molar-refractivity contribution in [1.82, 2.24) is 5.48 Å². The molecule has 2 fully saturated rings. The lowest BCUT2D eigenvalue weighted by atomic mass is 9.77. The number of ether oxygens (including phenoxy) is 2. The normalized spacial score (nSPS) is 31.2. The van der Waals surface area contributed by atoms with Gasteiger partial charge >= 0.3 is 0 Å². The molecule has 0 bridgehead atoms. The van der Waals surface area contributed by atoms with Gasteiger partial charge in [-0.25, -0.2) is 5.48 Å². The summed E-state index contributed by atoms with van der Waals surface area (Å²) in [6, 6.07) is 8.18. The van der Waals surface area contributed by atoms with Gasteiger partial charge in [0.1, 0.15) is 0 Å². The quantitative estimate of drug-likeness (QED) is 0.653. The average molecular weight is 330 g/mol. The minimum absolute atomic E-state index is 0.146. The zero-order chi connectivity index (χ0) is 17.3. The number of carbonyl (C=O) groups excluding carboxylic acids is 1. The van der Waals surface area contributed by atoms with Crippen molar-refractivity contribution in [2.24, 2.45) is 17.8 Å². The number of amides is 1. The van der Waals surface area contributed by atoms with E-state index in [1.807, 2.05) is 18.2 Å².